The van der Waals surface area contributed by atoms with Gasteiger partial charge in [-0.1, -0.05) is 0 Å². The molecule has 2 rings (SSSR count). The van der Waals surface area contributed by atoms with Gasteiger partial charge in [0.25, 0.3) is 0 Å². The fraction of sp³-hybridized carbons (Fsp3) is 0.636. The van der Waals surface area contributed by atoms with E-state index in [4.69, 9.17) is 10.2 Å². The molecule has 0 radical (unpaired) electrons. The third-order valence-electron chi connectivity index (χ3n) is 3.08. The average molecular weight is 179 g/mol. The summed E-state index contributed by atoms with van der Waals surface area (Å²) in [5.74, 6) is 2.73. The highest BCUT2D eigenvalue weighted by Gasteiger charge is 2.32. The van der Waals surface area contributed by atoms with Gasteiger partial charge in [-0.25, -0.2) is 0 Å². The predicted octanol–water partition coefficient (Wildman–Crippen LogP) is 2.61. The molecule has 13 heavy (non-hydrogen) atoms. The fourth-order valence-electron chi connectivity index (χ4n) is 1.99. The summed E-state index contributed by atoms with van der Waals surface area (Å²) in [6.07, 6.45) is 2.56. The number of nitrogens with two attached hydrogens (primary N) is 1. The molecule has 0 bridgehead atoms. The van der Waals surface area contributed by atoms with Gasteiger partial charge in [0.2, 0.25) is 0 Å². The van der Waals surface area contributed by atoms with Gasteiger partial charge in [0.05, 0.1) is 0 Å². The Morgan fingerprint density at radius 2 is 1.85 bits per heavy atom. The summed E-state index contributed by atoms with van der Waals surface area (Å²) >= 11 is 0. The zero-order valence-electron chi connectivity index (χ0n) is 8.55. The Morgan fingerprint density at radius 3 is 2.23 bits per heavy atom. The van der Waals surface area contributed by atoms with Crippen molar-refractivity contribution in [2.24, 2.45) is 11.7 Å². The zero-order chi connectivity index (χ0) is 9.59. The van der Waals surface area contributed by atoms with Gasteiger partial charge in [-0.3, -0.25) is 0 Å². The van der Waals surface area contributed by atoms with Crippen molar-refractivity contribution in [3.63, 3.8) is 0 Å². The lowest BCUT2D eigenvalue weighted by Crippen LogP contribution is -2.13. The van der Waals surface area contributed by atoms with E-state index in [1.165, 1.54) is 24.0 Å². The molecule has 2 N–H and O–H groups in total. The van der Waals surface area contributed by atoms with Gasteiger partial charge >= 0.3 is 0 Å². The molecule has 1 aromatic rings. The average Bonchev–Trinajstić information content (AvgIpc) is 2.82. The minimum absolute atomic E-state index is 0.206. The number of furan rings is 1. The van der Waals surface area contributed by atoms with Crippen molar-refractivity contribution in [2.45, 2.75) is 39.7 Å². The quantitative estimate of drug-likeness (QED) is 0.758. The van der Waals surface area contributed by atoms with E-state index in [0.717, 1.165) is 11.5 Å². The molecule has 0 aromatic carbocycles. The van der Waals surface area contributed by atoms with Crippen molar-refractivity contribution in [3.05, 3.63) is 22.6 Å². The van der Waals surface area contributed by atoms with E-state index in [1.54, 1.807) is 0 Å². The van der Waals surface area contributed by atoms with Crippen LogP contribution in [0.3, 0.4) is 0 Å². The van der Waals surface area contributed by atoms with Crippen LogP contribution < -0.4 is 5.73 Å². The molecule has 1 saturated carbocycles. The van der Waals surface area contributed by atoms with Crippen LogP contribution in [-0.2, 0) is 0 Å². The standard InChI is InChI=1S/C11H17NO/c1-6-7(2)13-8(3)10(6)11(12)9-4-5-9/h9,11H,4-5,12H2,1-3H3. The Labute approximate surface area is 79.1 Å². The topological polar surface area (TPSA) is 39.2 Å². The van der Waals surface area contributed by atoms with Gasteiger partial charge in [-0.2, -0.15) is 0 Å². The van der Waals surface area contributed by atoms with Crippen LogP contribution >= 0.6 is 0 Å². The van der Waals surface area contributed by atoms with Crippen LogP contribution in [0, 0.1) is 26.7 Å². The van der Waals surface area contributed by atoms with Gasteiger partial charge < -0.3 is 10.2 Å². The first-order valence-electron chi connectivity index (χ1n) is 4.93. The third-order valence-corrected chi connectivity index (χ3v) is 3.08. The summed E-state index contributed by atoms with van der Waals surface area (Å²) in [4.78, 5) is 0. The van der Waals surface area contributed by atoms with E-state index in [1.807, 2.05) is 13.8 Å². The minimum Gasteiger partial charge on any atom is -0.466 e. The van der Waals surface area contributed by atoms with E-state index >= 15 is 0 Å². The second-order valence-corrected chi connectivity index (χ2v) is 4.12. The molecule has 2 nitrogen and oxygen atoms in total. The van der Waals surface area contributed by atoms with Gasteiger partial charge in [0.1, 0.15) is 11.5 Å². The van der Waals surface area contributed by atoms with E-state index in [-0.39, 0.29) is 6.04 Å². The van der Waals surface area contributed by atoms with Gasteiger partial charge in [0, 0.05) is 11.6 Å². The van der Waals surface area contributed by atoms with Crippen molar-refractivity contribution in [2.75, 3.05) is 0 Å². The summed E-state index contributed by atoms with van der Waals surface area (Å²) in [6, 6.07) is 0.206. The minimum atomic E-state index is 0.206. The number of rotatable bonds is 2. The first kappa shape index (κ1) is 8.82. The van der Waals surface area contributed by atoms with Crippen LogP contribution in [0.15, 0.2) is 4.42 Å². The lowest BCUT2D eigenvalue weighted by Gasteiger charge is -2.10. The van der Waals surface area contributed by atoms with Gasteiger partial charge in [-0.15, -0.1) is 0 Å². The molecule has 1 aliphatic carbocycles. The number of hydrogen-bond acceptors (Lipinski definition) is 2. The van der Waals surface area contributed by atoms with Crippen LogP contribution in [0.5, 0.6) is 0 Å². The Bertz CT molecular complexity index is 323. The maximum atomic E-state index is 6.16. The first-order chi connectivity index (χ1) is 6.11. The molecular weight excluding hydrogens is 162 g/mol. The predicted molar refractivity (Wildman–Crippen MR) is 52.6 cm³/mol. The SMILES string of the molecule is Cc1oc(C)c(C(N)C2CC2)c1C. The normalized spacial score (nSPS) is 19.1. The van der Waals surface area contributed by atoms with E-state index < -0.39 is 0 Å². The second kappa shape index (κ2) is 2.88. The molecule has 1 unspecified atom stereocenters. The lowest BCUT2D eigenvalue weighted by atomic mass is 9.99. The molecule has 1 atom stereocenters. The largest absolute Gasteiger partial charge is 0.466 e. The van der Waals surface area contributed by atoms with Crippen molar-refractivity contribution >= 4 is 0 Å². The van der Waals surface area contributed by atoms with Crippen LogP contribution in [0.2, 0.25) is 0 Å². The zero-order valence-corrected chi connectivity index (χ0v) is 8.55. The molecule has 1 heterocycles. The molecule has 1 aliphatic rings. The maximum Gasteiger partial charge on any atom is 0.106 e. The molecule has 1 aromatic heterocycles. The summed E-state index contributed by atoms with van der Waals surface area (Å²) in [5, 5.41) is 0. The Morgan fingerprint density at radius 1 is 1.23 bits per heavy atom. The van der Waals surface area contributed by atoms with Crippen LogP contribution in [-0.4, -0.2) is 0 Å². The van der Waals surface area contributed by atoms with E-state index in [0.29, 0.717) is 5.92 Å². The molecule has 2 heteroatoms. The second-order valence-electron chi connectivity index (χ2n) is 4.12. The molecular formula is C11H17NO. The summed E-state index contributed by atoms with van der Waals surface area (Å²) in [7, 11) is 0. The van der Waals surface area contributed by atoms with Gasteiger partial charge in [-0.05, 0) is 45.1 Å². The number of aryl methyl sites for hydroxylation is 2. The molecule has 0 spiro atoms. The van der Waals surface area contributed by atoms with Crippen molar-refractivity contribution in [1.29, 1.82) is 0 Å². The monoisotopic (exact) mass is 179 g/mol. The maximum absolute atomic E-state index is 6.16. The molecule has 0 aliphatic heterocycles. The highest BCUT2D eigenvalue weighted by atomic mass is 16.3. The Balaban J connectivity index is 2.36. The van der Waals surface area contributed by atoms with Crippen LogP contribution in [0.4, 0.5) is 0 Å². The molecule has 72 valence electrons. The lowest BCUT2D eigenvalue weighted by molar-refractivity contribution is 0.493. The summed E-state index contributed by atoms with van der Waals surface area (Å²) < 4.78 is 5.56. The van der Waals surface area contributed by atoms with E-state index in [2.05, 4.69) is 6.92 Å². The van der Waals surface area contributed by atoms with Crippen molar-refractivity contribution in [3.8, 4) is 0 Å². The highest BCUT2D eigenvalue weighted by molar-refractivity contribution is 5.35. The molecule has 0 saturated heterocycles. The Kier molecular flexibility index (Phi) is 1.95. The number of hydrogen-bond donors (Lipinski definition) is 1. The smallest absolute Gasteiger partial charge is 0.106 e. The molecule has 1 fully saturated rings. The van der Waals surface area contributed by atoms with Crippen molar-refractivity contribution < 1.29 is 4.42 Å². The van der Waals surface area contributed by atoms with Crippen LogP contribution in [0.1, 0.15) is 41.5 Å². The van der Waals surface area contributed by atoms with Crippen molar-refractivity contribution in [1.82, 2.24) is 0 Å². The molecule has 0 amide bonds. The summed E-state index contributed by atoms with van der Waals surface area (Å²) in [5.41, 5.74) is 8.65. The Hall–Kier alpha value is -0.760. The summed E-state index contributed by atoms with van der Waals surface area (Å²) in [6.45, 7) is 6.12. The first-order valence-corrected chi connectivity index (χ1v) is 4.93. The van der Waals surface area contributed by atoms with E-state index in [9.17, 15) is 0 Å². The van der Waals surface area contributed by atoms with Crippen LogP contribution in [0.25, 0.3) is 0 Å². The van der Waals surface area contributed by atoms with Gasteiger partial charge in [0.15, 0.2) is 0 Å². The highest BCUT2D eigenvalue weighted by Crippen LogP contribution is 2.42. The fourth-order valence-corrected chi connectivity index (χ4v) is 1.99. The third kappa shape index (κ3) is 1.39.